The normalized spacial score (nSPS) is 23.9. The zero-order valence-corrected chi connectivity index (χ0v) is 10.6. The van der Waals surface area contributed by atoms with Gasteiger partial charge in [-0.2, -0.15) is 0 Å². The molecule has 2 N–H and O–H groups in total. The Morgan fingerprint density at radius 2 is 2.29 bits per heavy atom. The molecule has 1 fully saturated rings. The zero-order chi connectivity index (χ0) is 12.5. The third-order valence-electron chi connectivity index (χ3n) is 2.65. The molecule has 0 bridgehead atoms. The van der Waals surface area contributed by atoms with Crippen LogP contribution >= 0.6 is 0 Å². The summed E-state index contributed by atoms with van der Waals surface area (Å²) in [4.78, 5) is 6.11. The van der Waals surface area contributed by atoms with Gasteiger partial charge in [0.1, 0.15) is 0 Å². The van der Waals surface area contributed by atoms with Crippen LogP contribution in [0.25, 0.3) is 0 Å². The minimum absolute atomic E-state index is 0.0154. The van der Waals surface area contributed by atoms with Crippen molar-refractivity contribution in [3.05, 3.63) is 12.5 Å². The number of imidazole rings is 1. The molecule has 9 heteroatoms. The van der Waals surface area contributed by atoms with Crippen LogP contribution in [-0.2, 0) is 19.9 Å². The fraction of sp³-hybridized carbons (Fsp3) is 0.625. The summed E-state index contributed by atoms with van der Waals surface area (Å²) in [5.74, 6) is 0.0554. The van der Waals surface area contributed by atoms with Crippen LogP contribution in [0.2, 0.25) is 0 Å². The van der Waals surface area contributed by atoms with Gasteiger partial charge in [0, 0.05) is 6.54 Å². The molecule has 0 amide bonds. The summed E-state index contributed by atoms with van der Waals surface area (Å²) in [6.45, 7) is 0.139. The number of nitrogens with one attached hydrogen (secondary N) is 2. The number of hydrogen-bond donors (Lipinski definition) is 2. The second-order valence-electron chi connectivity index (χ2n) is 4.04. The first kappa shape index (κ1) is 12.5. The summed E-state index contributed by atoms with van der Waals surface area (Å²) >= 11 is 0. The maximum Gasteiger partial charge on any atom is 0.257 e. The third kappa shape index (κ3) is 3.05. The molecular weight excluding hydrogens is 266 g/mol. The predicted molar refractivity (Wildman–Crippen MR) is 60.5 cm³/mol. The first-order valence-electron chi connectivity index (χ1n) is 5.07. The molecule has 1 aromatic heterocycles. The second-order valence-corrected chi connectivity index (χ2v) is 8.00. The molecule has 1 atom stereocenters. The van der Waals surface area contributed by atoms with E-state index in [1.807, 2.05) is 0 Å². The van der Waals surface area contributed by atoms with Gasteiger partial charge in [0.15, 0.2) is 14.9 Å². The predicted octanol–water partition coefficient (Wildman–Crippen LogP) is -0.877. The summed E-state index contributed by atoms with van der Waals surface area (Å²) in [5.41, 5.74) is 0. The fourth-order valence-corrected chi connectivity index (χ4v) is 4.61. The lowest BCUT2D eigenvalue weighted by molar-refractivity contribution is 0.541. The van der Waals surface area contributed by atoms with Gasteiger partial charge in [0.2, 0.25) is 0 Å². The van der Waals surface area contributed by atoms with Crippen LogP contribution in [0.4, 0.5) is 0 Å². The molecular formula is C8H13N3O4S2. The van der Waals surface area contributed by atoms with Crippen molar-refractivity contribution in [1.29, 1.82) is 0 Å². The molecule has 1 saturated heterocycles. The quantitative estimate of drug-likeness (QED) is 0.744. The molecule has 7 nitrogen and oxygen atoms in total. The summed E-state index contributed by atoms with van der Waals surface area (Å²) < 4.78 is 48.1. The average Bonchev–Trinajstić information content (AvgIpc) is 2.84. The first-order chi connectivity index (χ1) is 7.89. The topological polar surface area (TPSA) is 109 Å². The Hall–Kier alpha value is -0.930. The molecule has 0 aromatic carbocycles. The van der Waals surface area contributed by atoms with E-state index in [1.54, 1.807) is 0 Å². The van der Waals surface area contributed by atoms with Crippen molar-refractivity contribution in [2.75, 3.05) is 18.1 Å². The Labute approximate surface area is 99.6 Å². The molecule has 0 spiro atoms. The number of rotatable bonds is 4. The molecule has 1 aromatic rings. The van der Waals surface area contributed by atoms with Crippen LogP contribution in [-0.4, -0.2) is 44.9 Å². The van der Waals surface area contributed by atoms with Gasteiger partial charge in [-0.25, -0.2) is 26.5 Å². The monoisotopic (exact) mass is 279 g/mol. The number of aromatic amines is 1. The lowest BCUT2D eigenvalue weighted by atomic mass is 10.1. The summed E-state index contributed by atoms with van der Waals surface area (Å²) in [5, 5.41) is -0.0154. The molecule has 0 saturated carbocycles. The largest absolute Gasteiger partial charge is 0.335 e. The van der Waals surface area contributed by atoms with Gasteiger partial charge in [0.25, 0.3) is 10.0 Å². The number of hydrogen-bond acceptors (Lipinski definition) is 5. The van der Waals surface area contributed by atoms with Gasteiger partial charge in [-0.3, -0.25) is 0 Å². The van der Waals surface area contributed by atoms with Crippen LogP contribution in [0.1, 0.15) is 6.42 Å². The highest BCUT2D eigenvalue weighted by molar-refractivity contribution is 7.91. The van der Waals surface area contributed by atoms with Crippen molar-refractivity contribution in [2.45, 2.75) is 11.4 Å². The third-order valence-corrected chi connectivity index (χ3v) is 5.84. The highest BCUT2D eigenvalue weighted by Gasteiger charge is 2.29. The van der Waals surface area contributed by atoms with E-state index in [0.29, 0.717) is 6.42 Å². The Morgan fingerprint density at radius 1 is 1.53 bits per heavy atom. The van der Waals surface area contributed by atoms with E-state index in [-0.39, 0.29) is 29.0 Å². The van der Waals surface area contributed by atoms with Gasteiger partial charge in [-0.1, -0.05) is 0 Å². The number of aromatic nitrogens is 2. The number of sulfonamides is 1. The van der Waals surface area contributed by atoms with Crippen molar-refractivity contribution >= 4 is 19.9 Å². The first-order valence-corrected chi connectivity index (χ1v) is 8.38. The van der Waals surface area contributed by atoms with E-state index in [0.717, 1.165) is 0 Å². The fourth-order valence-electron chi connectivity index (χ4n) is 1.73. The van der Waals surface area contributed by atoms with Gasteiger partial charge >= 0.3 is 0 Å². The summed E-state index contributed by atoms with van der Waals surface area (Å²) in [6, 6.07) is 0. The minimum atomic E-state index is -3.60. The Bertz CT molecular complexity index is 576. The zero-order valence-electron chi connectivity index (χ0n) is 8.96. The van der Waals surface area contributed by atoms with Crippen LogP contribution in [0.5, 0.6) is 0 Å². The maximum atomic E-state index is 11.7. The summed E-state index contributed by atoms with van der Waals surface area (Å²) in [7, 11) is -6.58. The van der Waals surface area contributed by atoms with E-state index >= 15 is 0 Å². The molecule has 0 aliphatic carbocycles. The van der Waals surface area contributed by atoms with Gasteiger partial charge in [-0.15, -0.1) is 0 Å². The number of sulfone groups is 1. The van der Waals surface area contributed by atoms with Crippen molar-refractivity contribution in [2.24, 2.45) is 5.92 Å². The van der Waals surface area contributed by atoms with Gasteiger partial charge in [-0.05, 0) is 12.3 Å². The molecule has 96 valence electrons. The lowest BCUT2D eigenvalue weighted by Crippen LogP contribution is -2.30. The molecule has 2 rings (SSSR count). The van der Waals surface area contributed by atoms with E-state index < -0.39 is 19.9 Å². The highest BCUT2D eigenvalue weighted by Crippen LogP contribution is 2.18. The van der Waals surface area contributed by atoms with Crippen molar-refractivity contribution in [3.8, 4) is 0 Å². The van der Waals surface area contributed by atoms with E-state index in [2.05, 4.69) is 14.7 Å². The minimum Gasteiger partial charge on any atom is -0.335 e. The lowest BCUT2D eigenvalue weighted by Gasteiger charge is -2.08. The Morgan fingerprint density at radius 3 is 2.82 bits per heavy atom. The molecule has 1 aliphatic rings. The second kappa shape index (κ2) is 4.39. The molecule has 0 radical (unpaired) electrons. The molecule has 17 heavy (non-hydrogen) atoms. The average molecular weight is 279 g/mol. The standard InChI is InChI=1S/C8H13N3O4S2/c12-16(13)2-1-7(5-16)3-11-17(14,15)8-4-9-6-10-8/h4,6-7,11H,1-3,5H2,(H,9,10). The molecule has 2 heterocycles. The smallest absolute Gasteiger partial charge is 0.257 e. The SMILES string of the molecule is O=S1(=O)CCC(CNS(=O)(=O)c2cnc[nH]2)C1. The highest BCUT2D eigenvalue weighted by atomic mass is 32.2. The van der Waals surface area contributed by atoms with E-state index in [4.69, 9.17) is 0 Å². The molecule has 1 aliphatic heterocycles. The van der Waals surface area contributed by atoms with Crippen LogP contribution in [0.3, 0.4) is 0 Å². The van der Waals surface area contributed by atoms with Gasteiger partial charge < -0.3 is 4.98 Å². The van der Waals surface area contributed by atoms with Crippen LogP contribution in [0, 0.1) is 5.92 Å². The van der Waals surface area contributed by atoms with E-state index in [1.165, 1.54) is 12.5 Å². The number of nitrogens with zero attached hydrogens (tertiary/aromatic N) is 1. The Kier molecular flexibility index (Phi) is 3.23. The summed E-state index contributed by atoms with van der Waals surface area (Å²) in [6.07, 6.45) is 2.98. The van der Waals surface area contributed by atoms with Crippen molar-refractivity contribution < 1.29 is 16.8 Å². The van der Waals surface area contributed by atoms with E-state index in [9.17, 15) is 16.8 Å². The van der Waals surface area contributed by atoms with Crippen molar-refractivity contribution in [1.82, 2.24) is 14.7 Å². The van der Waals surface area contributed by atoms with Crippen molar-refractivity contribution in [3.63, 3.8) is 0 Å². The maximum absolute atomic E-state index is 11.7. The van der Waals surface area contributed by atoms with Gasteiger partial charge in [0.05, 0.1) is 24.0 Å². The van der Waals surface area contributed by atoms with Crippen LogP contribution < -0.4 is 4.72 Å². The Balaban J connectivity index is 1.96. The molecule has 1 unspecified atom stereocenters. The number of H-pyrrole nitrogens is 1. The van der Waals surface area contributed by atoms with Crippen LogP contribution in [0.15, 0.2) is 17.6 Å².